The molecule has 1 heterocycles. The number of hydrogen-bond acceptors (Lipinski definition) is 6. The van der Waals surface area contributed by atoms with E-state index < -0.39 is 0 Å². The number of methoxy groups -OCH3 is 2. The van der Waals surface area contributed by atoms with Gasteiger partial charge >= 0.3 is 0 Å². The first kappa shape index (κ1) is 25.6. The van der Waals surface area contributed by atoms with Crippen LogP contribution in [0.3, 0.4) is 0 Å². The zero-order valence-corrected chi connectivity index (χ0v) is 21.3. The molecular formula is C30H30N2O5. The van der Waals surface area contributed by atoms with E-state index >= 15 is 0 Å². The summed E-state index contributed by atoms with van der Waals surface area (Å²) in [5.41, 5.74) is 3.81. The lowest BCUT2D eigenvalue weighted by atomic mass is 10.1. The summed E-state index contributed by atoms with van der Waals surface area (Å²) in [6, 6.07) is 20.7. The summed E-state index contributed by atoms with van der Waals surface area (Å²) in [6.07, 6.45) is 4.41. The Balaban J connectivity index is 1.40. The molecule has 0 bridgehead atoms. The van der Waals surface area contributed by atoms with Crippen molar-refractivity contribution in [3.63, 3.8) is 0 Å². The Morgan fingerprint density at radius 3 is 2.16 bits per heavy atom. The monoisotopic (exact) mass is 498 g/mol. The van der Waals surface area contributed by atoms with Crippen LogP contribution in [0.4, 0.5) is 5.69 Å². The zero-order valence-electron chi connectivity index (χ0n) is 21.3. The molecule has 0 saturated heterocycles. The fraction of sp³-hybridized carbons (Fsp3) is 0.200. The number of rotatable bonds is 11. The third kappa shape index (κ3) is 6.01. The third-order valence-electron chi connectivity index (χ3n) is 5.77. The molecule has 1 amide bonds. The van der Waals surface area contributed by atoms with Gasteiger partial charge in [0.2, 0.25) is 0 Å². The molecule has 0 N–H and O–H groups in total. The Hall–Kier alpha value is -4.52. The molecule has 190 valence electrons. The third-order valence-corrected chi connectivity index (χ3v) is 5.77. The fourth-order valence-corrected chi connectivity index (χ4v) is 3.92. The Bertz CT molecular complexity index is 1330. The average Bonchev–Trinajstić information content (AvgIpc) is 3.21. The van der Waals surface area contributed by atoms with E-state index in [-0.39, 0.29) is 5.91 Å². The molecule has 1 aliphatic heterocycles. The predicted molar refractivity (Wildman–Crippen MR) is 146 cm³/mol. The van der Waals surface area contributed by atoms with Crippen LogP contribution in [0.2, 0.25) is 0 Å². The molecule has 0 aliphatic carbocycles. The van der Waals surface area contributed by atoms with Crippen LogP contribution in [0.1, 0.15) is 18.1 Å². The highest BCUT2D eigenvalue weighted by molar-refractivity contribution is 6.32. The van der Waals surface area contributed by atoms with Gasteiger partial charge in [-0.05, 0) is 66.9 Å². The van der Waals surface area contributed by atoms with Crippen LogP contribution < -0.4 is 24.0 Å². The molecule has 37 heavy (non-hydrogen) atoms. The lowest BCUT2D eigenvalue weighted by Crippen LogP contribution is -2.21. The number of anilines is 1. The van der Waals surface area contributed by atoms with Crippen LogP contribution in [-0.4, -0.2) is 39.1 Å². The quantitative estimate of drug-likeness (QED) is 0.193. The Morgan fingerprint density at radius 1 is 0.865 bits per heavy atom. The van der Waals surface area contributed by atoms with Gasteiger partial charge in [0.05, 0.1) is 31.2 Å². The number of nitrogens with zero attached hydrogens (tertiary/aromatic N) is 2. The minimum atomic E-state index is -0.173. The predicted octanol–water partition coefficient (Wildman–Crippen LogP) is 5.70. The molecule has 0 spiro atoms. The second-order valence-electron chi connectivity index (χ2n) is 8.28. The molecule has 1 aliphatic rings. The highest BCUT2D eigenvalue weighted by Crippen LogP contribution is 2.31. The maximum absolute atomic E-state index is 13.0. The van der Waals surface area contributed by atoms with Crippen LogP contribution in [0.25, 0.3) is 6.08 Å². The van der Waals surface area contributed by atoms with Crippen LogP contribution in [-0.2, 0) is 11.2 Å². The van der Waals surface area contributed by atoms with Crippen molar-refractivity contribution in [2.45, 2.75) is 13.3 Å². The van der Waals surface area contributed by atoms with E-state index in [1.165, 1.54) is 5.01 Å². The molecule has 0 fully saturated rings. The molecule has 0 saturated carbocycles. The first-order valence-corrected chi connectivity index (χ1v) is 11.9. The van der Waals surface area contributed by atoms with Gasteiger partial charge in [0.25, 0.3) is 5.91 Å². The summed E-state index contributed by atoms with van der Waals surface area (Å²) in [4.78, 5) is 13.0. The van der Waals surface area contributed by atoms with E-state index in [9.17, 15) is 4.79 Å². The summed E-state index contributed by atoms with van der Waals surface area (Å²) in [6.45, 7) is 6.22. The van der Waals surface area contributed by atoms with E-state index in [0.29, 0.717) is 47.5 Å². The van der Waals surface area contributed by atoms with Crippen LogP contribution >= 0.6 is 0 Å². The van der Waals surface area contributed by atoms with E-state index in [2.05, 4.69) is 11.7 Å². The SMILES string of the molecule is C=CCc1ccc(OCCOc2ccc(/C=C3\C(=O)N(c4ccccc4)N=C3C)cc2OC)c(OC)c1. The molecule has 7 nitrogen and oxygen atoms in total. The van der Waals surface area contributed by atoms with Gasteiger partial charge < -0.3 is 18.9 Å². The van der Waals surface area contributed by atoms with Gasteiger partial charge in [-0.25, -0.2) is 0 Å². The maximum atomic E-state index is 13.0. The highest BCUT2D eigenvalue weighted by Gasteiger charge is 2.28. The molecule has 4 rings (SSSR count). The summed E-state index contributed by atoms with van der Waals surface area (Å²) in [7, 11) is 3.19. The molecule has 7 heteroatoms. The molecule has 3 aromatic rings. The lowest BCUT2D eigenvalue weighted by Gasteiger charge is -2.14. The van der Waals surface area contributed by atoms with E-state index in [4.69, 9.17) is 18.9 Å². The van der Waals surface area contributed by atoms with Crippen molar-refractivity contribution < 1.29 is 23.7 Å². The van der Waals surface area contributed by atoms with Crippen molar-refractivity contribution in [3.05, 3.63) is 96.1 Å². The Labute approximate surface area is 217 Å². The highest BCUT2D eigenvalue weighted by atomic mass is 16.5. The maximum Gasteiger partial charge on any atom is 0.280 e. The minimum absolute atomic E-state index is 0.173. The number of amides is 1. The number of hydrogen-bond donors (Lipinski definition) is 0. The number of benzene rings is 3. The first-order valence-electron chi connectivity index (χ1n) is 11.9. The fourth-order valence-electron chi connectivity index (χ4n) is 3.92. The van der Waals surface area contributed by atoms with Gasteiger partial charge in [-0.1, -0.05) is 36.4 Å². The molecule has 3 aromatic carbocycles. The molecule has 0 unspecified atom stereocenters. The van der Waals surface area contributed by atoms with Gasteiger partial charge in [-0.15, -0.1) is 6.58 Å². The zero-order chi connectivity index (χ0) is 26.2. The summed E-state index contributed by atoms with van der Waals surface area (Å²) in [5.74, 6) is 2.28. The van der Waals surface area contributed by atoms with E-state index in [1.807, 2.05) is 85.8 Å². The number of carbonyl (C=O) groups is 1. The number of hydrazone groups is 1. The molecule has 0 atom stereocenters. The van der Waals surface area contributed by atoms with Crippen molar-refractivity contribution in [2.24, 2.45) is 5.10 Å². The Morgan fingerprint density at radius 2 is 1.51 bits per heavy atom. The van der Waals surface area contributed by atoms with Gasteiger partial charge in [-0.2, -0.15) is 10.1 Å². The number of carbonyl (C=O) groups excluding carboxylic acids is 1. The van der Waals surface area contributed by atoms with Gasteiger partial charge in [0.15, 0.2) is 23.0 Å². The number of ether oxygens (including phenoxy) is 4. The van der Waals surface area contributed by atoms with Gasteiger partial charge in [0, 0.05) is 0 Å². The van der Waals surface area contributed by atoms with Crippen molar-refractivity contribution in [1.82, 2.24) is 0 Å². The van der Waals surface area contributed by atoms with Gasteiger partial charge in [0.1, 0.15) is 13.2 Å². The summed E-state index contributed by atoms with van der Waals surface area (Å²) < 4.78 is 22.7. The summed E-state index contributed by atoms with van der Waals surface area (Å²) >= 11 is 0. The lowest BCUT2D eigenvalue weighted by molar-refractivity contribution is -0.114. The minimum Gasteiger partial charge on any atom is -0.493 e. The second-order valence-corrected chi connectivity index (χ2v) is 8.28. The molecular weight excluding hydrogens is 468 g/mol. The van der Waals surface area contributed by atoms with Crippen molar-refractivity contribution in [3.8, 4) is 23.0 Å². The van der Waals surface area contributed by atoms with Crippen molar-refractivity contribution in [2.75, 3.05) is 32.4 Å². The van der Waals surface area contributed by atoms with Crippen LogP contribution in [0.15, 0.2) is 90.1 Å². The molecule has 0 aromatic heterocycles. The first-order chi connectivity index (χ1) is 18.0. The smallest absolute Gasteiger partial charge is 0.280 e. The topological polar surface area (TPSA) is 69.6 Å². The summed E-state index contributed by atoms with van der Waals surface area (Å²) in [5, 5.41) is 5.84. The normalized spacial score (nSPS) is 13.9. The van der Waals surface area contributed by atoms with E-state index in [0.717, 1.165) is 23.2 Å². The largest absolute Gasteiger partial charge is 0.493 e. The molecule has 0 radical (unpaired) electrons. The van der Waals surface area contributed by atoms with E-state index in [1.54, 1.807) is 14.2 Å². The van der Waals surface area contributed by atoms with Gasteiger partial charge in [-0.3, -0.25) is 4.79 Å². The van der Waals surface area contributed by atoms with Crippen molar-refractivity contribution in [1.29, 1.82) is 0 Å². The average molecular weight is 499 g/mol. The number of allylic oxidation sites excluding steroid dienone is 1. The Kier molecular flexibility index (Phi) is 8.26. The second kappa shape index (κ2) is 11.9. The van der Waals surface area contributed by atoms with Crippen LogP contribution in [0.5, 0.6) is 23.0 Å². The van der Waals surface area contributed by atoms with Crippen molar-refractivity contribution >= 4 is 23.4 Å². The number of para-hydroxylation sites is 1. The standard InChI is InChI=1S/C30H30N2O5/c1-5-9-22-12-14-26(28(19-22)34-3)36-16-17-37-27-15-13-23(20-29(27)35-4)18-25-21(2)31-32(30(25)33)24-10-7-6-8-11-24/h5-8,10-15,18-20H,1,9,16-17H2,2-4H3/b25-18-. The van der Waals surface area contributed by atoms with Crippen LogP contribution in [0, 0.1) is 0 Å².